The van der Waals surface area contributed by atoms with E-state index in [1.165, 1.54) is 33.5 Å². The minimum absolute atomic E-state index is 0.237. The summed E-state index contributed by atoms with van der Waals surface area (Å²) in [6.07, 6.45) is -4.88. The van der Waals surface area contributed by atoms with Crippen molar-refractivity contribution in [3.8, 4) is 17.2 Å². The fourth-order valence-corrected chi connectivity index (χ4v) is 2.83. The topological polar surface area (TPSA) is 89.9 Å². The number of carboxylic acid groups (broad SMARTS) is 1. The minimum Gasteiger partial charge on any atom is -0.493 e. The Hall–Kier alpha value is -2.69. The number of nitrogens with one attached hydrogen (secondary N) is 1. The highest BCUT2D eigenvalue weighted by Gasteiger charge is 2.39. The average Bonchev–Trinajstić information content (AvgIpc) is 2.98. The predicted octanol–water partition coefficient (Wildman–Crippen LogP) is 3.63. The number of nitrogens with zero attached hydrogens (tertiary/aromatic N) is 1. The van der Waals surface area contributed by atoms with Gasteiger partial charge in [0.05, 0.1) is 21.3 Å². The number of methoxy groups -OCH3 is 3. The maximum absolute atomic E-state index is 12.9. The van der Waals surface area contributed by atoms with Gasteiger partial charge in [-0.2, -0.15) is 13.2 Å². The summed E-state index contributed by atoms with van der Waals surface area (Å²) in [7, 11) is 4.17. The molecular weight excluding hydrogens is 365 g/mol. The first-order valence-electron chi connectivity index (χ1n) is 6.59. The van der Waals surface area contributed by atoms with E-state index in [2.05, 4.69) is 10.3 Å². The summed E-state index contributed by atoms with van der Waals surface area (Å²) >= 11 is 0.372. The quantitative estimate of drug-likeness (QED) is 0.793. The van der Waals surface area contributed by atoms with Crippen LogP contribution in [0, 0.1) is 0 Å². The molecule has 0 radical (unpaired) electrons. The minimum atomic E-state index is -4.88. The van der Waals surface area contributed by atoms with Gasteiger partial charge in [0.2, 0.25) is 5.75 Å². The standard InChI is InChI=1S/C14H13F3N2O5S/c1-22-7-4-6(5-8(23-2)9(7)24-3)18-13-19-11(14(15,16)17)10(25-13)12(20)21/h4-5H,1-3H3,(H,18,19)(H,20,21). The molecule has 1 heterocycles. The van der Waals surface area contributed by atoms with E-state index in [0.717, 1.165) is 0 Å². The van der Waals surface area contributed by atoms with Crippen LogP contribution in [0.3, 0.4) is 0 Å². The first-order valence-corrected chi connectivity index (χ1v) is 7.41. The summed E-state index contributed by atoms with van der Waals surface area (Å²) < 4.78 is 54.1. The van der Waals surface area contributed by atoms with E-state index in [4.69, 9.17) is 19.3 Å². The molecular formula is C14H13F3N2O5S. The molecule has 0 aliphatic heterocycles. The van der Waals surface area contributed by atoms with Gasteiger partial charge in [0, 0.05) is 17.8 Å². The van der Waals surface area contributed by atoms with Crippen LogP contribution < -0.4 is 19.5 Å². The van der Waals surface area contributed by atoms with Gasteiger partial charge in [0.15, 0.2) is 22.3 Å². The maximum Gasteiger partial charge on any atom is 0.435 e. The number of ether oxygens (including phenoxy) is 3. The molecule has 0 fully saturated rings. The zero-order valence-electron chi connectivity index (χ0n) is 13.2. The van der Waals surface area contributed by atoms with Gasteiger partial charge in [-0.05, 0) is 0 Å². The van der Waals surface area contributed by atoms with Crippen molar-refractivity contribution < 1.29 is 37.3 Å². The van der Waals surface area contributed by atoms with Gasteiger partial charge in [0.25, 0.3) is 0 Å². The van der Waals surface area contributed by atoms with E-state index in [9.17, 15) is 18.0 Å². The number of hydrogen-bond donors (Lipinski definition) is 2. The number of carboxylic acids is 1. The number of carbonyl (C=O) groups is 1. The second-order valence-electron chi connectivity index (χ2n) is 4.54. The van der Waals surface area contributed by atoms with Gasteiger partial charge in [-0.15, -0.1) is 0 Å². The molecule has 7 nitrogen and oxygen atoms in total. The van der Waals surface area contributed by atoms with Crippen LogP contribution in [0.5, 0.6) is 17.2 Å². The molecule has 0 aliphatic rings. The molecule has 0 amide bonds. The number of alkyl halides is 3. The summed E-state index contributed by atoms with van der Waals surface area (Å²) in [6.45, 7) is 0. The molecule has 0 atom stereocenters. The van der Waals surface area contributed by atoms with Gasteiger partial charge in [-0.3, -0.25) is 0 Å². The number of thiazole rings is 1. The third-order valence-corrected chi connectivity index (χ3v) is 3.96. The maximum atomic E-state index is 12.9. The largest absolute Gasteiger partial charge is 0.493 e. The summed E-state index contributed by atoms with van der Waals surface area (Å²) in [4.78, 5) is 13.4. The highest BCUT2D eigenvalue weighted by atomic mass is 32.1. The van der Waals surface area contributed by atoms with Crippen LogP contribution in [0.1, 0.15) is 15.4 Å². The molecule has 25 heavy (non-hydrogen) atoms. The third-order valence-electron chi connectivity index (χ3n) is 3.01. The Balaban J connectivity index is 2.45. The molecule has 11 heteroatoms. The van der Waals surface area contributed by atoms with E-state index in [0.29, 0.717) is 17.1 Å². The first kappa shape index (κ1) is 18.6. The zero-order valence-corrected chi connectivity index (χ0v) is 14.0. The molecule has 1 aromatic carbocycles. The number of hydrogen-bond acceptors (Lipinski definition) is 7. The van der Waals surface area contributed by atoms with E-state index < -0.39 is 22.7 Å². The van der Waals surface area contributed by atoms with E-state index in [-0.39, 0.29) is 22.3 Å². The summed E-state index contributed by atoms with van der Waals surface area (Å²) in [5.74, 6) is -0.856. The summed E-state index contributed by atoms with van der Waals surface area (Å²) in [6, 6.07) is 2.91. The molecule has 0 aliphatic carbocycles. The number of aromatic carboxylic acids is 1. The Morgan fingerprint density at radius 1 is 1.16 bits per heavy atom. The fourth-order valence-electron chi connectivity index (χ4n) is 1.99. The average molecular weight is 378 g/mol. The van der Waals surface area contributed by atoms with E-state index in [1.54, 1.807) is 0 Å². The van der Waals surface area contributed by atoms with Gasteiger partial charge < -0.3 is 24.6 Å². The molecule has 0 unspecified atom stereocenters. The number of anilines is 2. The van der Waals surface area contributed by atoms with Crippen LogP contribution in [-0.4, -0.2) is 37.4 Å². The Morgan fingerprint density at radius 2 is 1.72 bits per heavy atom. The van der Waals surface area contributed by atoms with Crippen molar-refractivity contribution in [3.63, 3.8) is 0 Å². The van der Waals surface area contributed by atoms with E-state index >= 15 is 0 Å². The summed E-state index contributed by atoms with van der Waals surface area (Å²) in [5.41, 5.74) is -1.17. The van der Waals surface area contributed by atoms with Crippen molar-refractivity contribution in [1.29, 1.82) is 0 Å². The smallest absolute Gasteiger partial charge is 0.435 e. The highest BCUT2D eigenvalue weighted by molar-refractivity contribution is 7.17. The lowest BCUT2D eigenvalue weighted by Crippen LogP contribution is -2.11. The number of halogens is 3. The Bertz CT molecular complexity index is 766. The molecule has 2 aromatic rings. The van der Waals surface area contributed by atoms with Gasteiger partial charge in [-0.25, -0.2) is 9.78 Å². The number of rotatable bonds is 6. The molecule has 0 bridgehead atoms. The Morgan fingerprint density at radius 3 is 2.08 bits per heavy atom. The Kier molecular flexibility index (Phi) is 5.26. The second kappa shape index (κ2) is 7.05. The van der Waals surface area contributed by atoms with Crippen molar-refractivity contribution in [1.82, 2.24) is 4.98 Å². The second-order valence-corrected chi connectivity index (χ2v) is 5.54. The predicted molar refractivity (Wildman–Crippen MR) is 83.5 cm³/mol. The van der Waals surface area contributed by atoms with Crippen LogP contribution >= 0.6 is 11.3 Å². The van der Waals surface area contributed by atoms with Crippen LogP contribution in [0.2, 0.25) is 0 Å². The van der Waals surface area contributed by atoms with Crippen molar-refractivity contribution in [2.24, 2.45) is 0 Å². The zero-order chi connectivity index (χ0) is 18.8. The van der Waals surface area contributed by atoms with Crippen molar-refractivity contribution in [2.45, 2.75) is 6.18 Å². The molecule has 2 N–H and O–H groups in total. The summed E-state index contributed by atoms with van der Waals surface area (Å²) in [5, 5.41) is 11.3. The van der Waals surface area contributed by atoms with Crippen molar-refractivity contribution in [3.05, 3.63) is 22.7 Å². The normalized spacial score (nSPS) is 11.1. The van der Waals surface area contributed by atoms with Gasteiger partial charge in [-0.1, -0.05) is 11.3 Å². The SMILES string of the molecule is COc1cc(Nc2nc(C(F)(F)F)c(C(=O)O)s2)cc(OC)c1OC. The lowest BCUT2D eigenvalue weighted by Gasteiger charge is -2.14. The molecule has 0 spiro atoms. The molecule has 1 aromatic heterocycles. The number of benzene rings is 1. The fraction of sp³-hybridized carbons (Fsp3) is 0.286. The van der Waals surface area contributed by atoms with E-state index in [1.807, 2.05) is 0 Å². The first-order chi connectivity index (χ1) is 11.7. The molecule has 0 saturated carbocycles. The Labute approximate surface area is 144 Å². The van der Waals surface area contributed by atoms with Crippen molar-refractivity contribution in [2.75, 3.05) is 26.6 Å². The number of aromatic nitrogens is 1. The van der Waals surface area contributed by atoms with Crippen LogP contribution in [0.15, 0.2) is 12.1 Å². The van der Waals surface area contributed by atoms with Crippen LogP contribution in [0.25, 0.3) is 0 Å². The van der Waals surface area contributed by atoms with Crippen LogP contribution in [-0.2, 0) is 6.18 Å². The van der Waals surface area contributed by atoms with Crippen LogP contribution in [0.4, 0.5) is 24.0 Å². The lowest BCUT2D eigenvalue weighted by atomic mass is 10.2. The molecule has 2 rings (SSSR count). The molecule has 0 saturated heterocycles. The van der Waals surface area contributed by atoms with Gasteiger partial charge >= 0.3 is 12.1 Å². The third kappa shape index (κ3) is 3.87. The lowest BCUT2D eigenvalue weighted by molar-refractivity contribution is -0.141. The monoisotopic (exact) mass is 378 g/mol. The highest BCUT2D eigenvalue weighted by Crippen LogP contribution is 2.42. The van der Waals surface area contributed by atoms with Crippen molar-refractivity contribution >= 4 is 28.1 Å². The molecule has 136 valence electrons. The van der Waals surface area contributed by atoms with Gasteiger partial charge in [0.1, 0.15) is 4.88 Å².